The minimum absolute atomic E-state index is 0.114. The molecule has 0 aliphatic rings. The van der Waals surface area contributed by atoms with Gasteiger partial charge in [-0.1, -0.05) is 36.4 Å². The fourth-order valence-corrected chi connectivity index (χ4v) is 2.35. The molecule has 3 aromatic rings. The number of nitrogens with zero attached hydrogens (tertiary/aromatic N) is 2. The molecule has 0 spiro atoms. The summed E-state index contributed by atoms with van der Waals surface area (Å²) in [5, 5.41) is 16.1. The van der Waals surface area contributed by atoms with E-state index in [9.17, 15) is 9.59 Å². The van der Waals surface area contributed by atoms with Crippen LogP contribution >= 0.6 is 0 Å². The number of carboxylic acid groups (broad SMARTS) is 1. The zero-order chi connectivity index (χ0) is 17.1. The van der Waals surface area contributed by atoms with Crippen LogP contribution in [0.15, 0.2) is 60.7 Å². The van der Waals surface area contributed by atoms with E-state index in [2.05, 4.69) is 10.4 Å². The molecule has 0 saturated carbocycles. The topological polar surface area (TPSA) is 84.2 Å². The van der Waals surface area contributed by atoms with Crippen molar-refractivity contribution in [1.82, 2.24) is 9.78 Å². The second-order valence-electron chi connectivity index (χ2n) is 5.24. The van der Waals surface area contributed by atoms with Gasteiger partial charge in [0.2, 0.25) is 0 Å². The molecule has 0 fully saturated rings. The van der Waals surface area contributed by atoms with Crippen LogP contribution in [0, 0.1) is 0 Å². The maximum atomic E-state index is 12.4. The van der Waals surface area contributed by atoms with Crippen molar-refractivity contribution in [1.29, 1.82) is 0 Å². The molecule has 1 amide bonds. The molecule has 6 heteroatoms. The molecule has 2 aromatic carbocycles. The lowest BCUT2D eigenvalue weighted by molar-refractivity contribution is 0.0696. The van der Waals surface area contributed by atoms with E-state index in [1.165, 1.54) is 16.8 Å². The van der Waals surface area contributed by atoms with Crippen LogP contribution < -0.4 is 5.32 Å². The predicted molar refractivity (Wildman–Crippen MR) is 90.0 cm³/mol. The van der Waals surface area contributed by atoms with E-state index in [1.54, 1.807) is 25.2 Å². The number of rotatable bonds is 4. The first-order valence-corrected chi connectivity index (χ1v) is 7.29. The van der Waals surface area contributed by atoms with E-state index in [0.29, 0.717) is 17.1 Å². The van der Waals surface area contributed by atoms with E-state index < -0.39 is 5.97 Å². The Hall–Kier alpha value is -3.41. The highest BCUT2D eigenvalue weighted by atomic mass is 16.4. The van der Waals surface area contributed by atoms with Crippen LogP contribution in [0.3, 0.4) is 0 Å². The zero-order valence-electron chi connectivity index (χ0n) is 12.9. The number of carbonyl (C=O) groups excluding carboxylic acids is 1. The van der Waals surface area contributed by atoms with Crippen LogP contribution in [0.1, 0.15) is 20.8 Å². The normalized spacial score (nSPS) is 10.4. The number of carbonyl (C=O) groups is 2. The molecule has 24 heavy (non-hydrogen) atoms. The van der Waals surface area contributed by atoms with Gasteiger partial charge in [-0.25, -0.2) is 4.79 Å². The summed E-state index contributed by atoms with van der Waals surface area (Å²) in [6, 6.07) is 17.4. The van der Waals surface area contributed by atoms with Gasteiger partial charge in [0.25, 0.3) is 5.91 Å². The van der Waals surface area contributed by atoms with E-state index in [1.807, 2.05) is 30.3 Å². The van der Waals surface area contributed by atoms with E-state index >= 15 is 0 Å². The average Bonchev–Trinajstić information content (AvgIpc) is 2.98. The monoisotopic (exact) mass is 321 g/mol. The molecule has 0 aliphatic heterocycles. The van der Waals surface area contributed by atoms with E-state index in [-0.39, 0.29) is 11.5 Å². The molecule has 3 rings (SSSR count). The second-order valence-corrected chi connectivity index (χ2v) is 5.24. The number of hydrogen-bond acceptors (Lipinski definition) is 3. The number of nitrogens with one attached hydrogen (secondary N) is 1. The standard InChI is InChI=1S/C18H15N3O3/c1-21-16(11-15(20-21)12-6-3-2-4-7-12)17(22)19-14-9-5-8-13(10-14)18(23)24/h2-11H,1H3,(H,19,22)(H,23,24). The predicted octanol–water partition coefficient (Wildman–Crippen LogP) is 3.04. The SMILES string of the molecule is Cn1nc(-c2ccccc2)cc1C(=O)Nc1cccc(C(=O)O)c1. The summed E-state index contributed by atoms with van der Waals surface area (Å²) >= 11 is 0. The van der Waals surface area contributed by atoms with Gasteiger partial charge in [0.15, 0.2) is 0 Å². The molecule has 120 valence electrons. The van der Waals surface area contributed by atoms with E-state index in [4.69, 9.17) is 5.11 Å². The maximum Gasteiger partial charge on any atom is 0.335 e. The fourth-order valence-electron chi connectivity index (χ4n) is 2.35. The van der Waals surface area contributed by atoms with Crippen molar-refractivity contribution in [2.45, 2.75) is 0 Å². The molecular weight excluding hydrogens is 306 g/mol. The number of carboxylic acids is 1. The third kappa shape index (κ3) is 3.17. The van der Waals surface area contributed by atoms with Crippen molar-refractivity contribution in [2.24, 2.45) is 7.05 Å². The Morgan fingerprint density at radius 3 is 2.50 bits per heavy atom. The lowest BCUT2D eigenvalue weighted by Crippen LogP contribution is -2.16. The van der Waals surface area contributed by atoms with E-state index in [0.717, 1.165) is 5.56 Å². The first kappa shape index (κ1) is 15.5. The number of aromatic nitrogens is 2. The van der Waals surface area contributed by atoms with Gasteiger partial charge in [-0.05, 0) is 24.3 Å². The van der Waals surface area contributed by atoms with Crippen LogP contribution in [0.25, 0.3) is 11.3 Å². The molecule has 1 heterocycles. The van der Waals surface area contributed by atoms with Gasteiger partial charge >= 0.3 is 5.97 Å². The highest BCUT2D eigenvalue weighted by Gasteiger charge is 2.15. The summed E-state index contributed by atoms with van der Waals surface area (Å²) in [5.41, 5.74) is 2.53. The number of benzene rings is 2. The molecule has 0 atom stereocenters. The van der Waals surface area contributed by atoms with Gasteiger partial charge in [0, 0.05) is 18.3 Å². The third-order valence-corrected chi connectivity index (χ3v) is 3.55. The Labute approximate surface area is 138 Å². The highest BCUT2D eigenvalue weighted by Crippen LogP contribution is 2.19. The first-order valence-electron chi connectivity index (χ1n) is 7.29. The molecule has 2 N–H and O–H groups in total. The van der Waals surface area contributed by atoms with Crippen molar-refractivity contribution in [3.8, 4) is 11.3 Å². The highest BCUT2D eigenvalue weighted by molar-refractivity contribution is 6.04. The van der Waals surface area contributed by atoms with Gasteiger partial charge < -0.3 is 10.4 Å². The molecule has 0 unspecified atom stereocenters. The molecule has 0 saturated heterocycles. The van der Waals surface area contributed by atoms with Crippen molar-refractivity contribution in [3.05, 3.63) is 71.9 Å². The maximum absolute atomic E-state index is 12.4. The molecule has 0 radical (unpaired) electrons. The summed E-state index contributed by atoms with van der Waals surface area (Å²) in [4.78, 5) is 23.4. The molecule has 0 bridgehead atoms. The minimum Gasteiger partial charge on any atom is -0.478 e. The Kier molecular flexibility index (Phi) is 4.11. The minimum atomic E-state index is -1.04. The fraction of sp³-hybridized carbons (Fsp3) is 0.0556. The van der Waals surface area contributed by atoms with Gasteiger partial charge in [-0.15, -0.1) is 0 Å². The van der Waals surface area contributed by atoms with Crippen molar-refractivity contribution in [3.63, 3.8) is 0 Å². The van der Waals surface area contributed by atoms with Gasteiger partial charge in [-0.2, -0.15) is 5.10 Å². The molecule has 1 aromatic heterocycles. The van der Waals surface area contributed by atoms with Crippen LogP contribution in [0.2, 0.25) is 0 Å². The first-order chi connectivity index (χ1) is 11.5. The Morgan fingerprint density at radius 2 is 1.79 bits per heavy atom. The summed E-state index contributed by atoms with van der Waals surface area (Å²) in [5.74, 6) is -1.40. The Balaban J connectivity index is 1.84. The molecular formula is C18H15N3O3. The van der Waals surface area contributed by atoms with Crippen LogP contribution in [0.4, 0.5) is 5.69 Å². The summed E-state index contributed by atoms with van der Waals surface area (Å²) in [7, 11) is 1.69. The third-order valence-electron chi connectivity index (χ3n) is 3.55. The summed E-state index contributed by atoms with van der Waals surface area (Å²) in [6.45, 7) is 0. The quantitative estimate of drug-likeness (QED) is 0.773. The molecule has 0 aliphatic carbocycles. The largest absolute Gasteiger partial charge is 0.478 e. The number of hydrogen-bond donors (Lipinski definition) is 2. The van der Waals surface area contributed by atoms with Crippen LogP contribution in [-0.2, 0) is 7.05 Å². The summed E-state index contributed by atoms with van der Waals surface area (Å²) in [6.07, 6.45) is 0. The van der Waals surface area contributed by atoms with Crippen LogP contribution in [0.5, 0.6) is 0 Å². The van der Waals surface area contributed by atoms with Crippen molar-refractivity contribution in [2.75, 3.05) is 5.32 Å². The zero-order valence-corrected chi connectivity index (χ0v) is 12.9. The Morgan fingerprint density at radius 1 is 1.04 bits per heavy atom. The summed E-state index contributed by atoms with van der Waals surface area (Å²) < 4.78 is 1.50. The van der Waals surface area contributed by atoms with Crippen LogP contribution in [-0.4, -0.2) is 26.8 Å². The molecule has 6 nitrogen and oxygen atoms in total. The number of amides is 1. The number of anilines is 1. The van der Waals surface area contributed by atoms with Gasteiger partial charge in [0.05, 0.1) is 11.3 Å². The number of aryl methyl sites for hydroxylation is 1. The number of aromatic carboxylic acids is 1. The van der Waals surface area contributed by atoms with Crippen molar-refractivity contribution < 1.29 is 14.7 Å². The Bertz CT molecular complexity index is 901. The lowest BCUT2D eigenvalue weighted by Gasteiger charge is -2.05. The van der Waals surface area contributed by atoms with Gasteiger partial charge in [0.1, 0.15) is 5.69 Å². The van der Waals surface area contributed by atoms with Crippen molar-refractivity contribution >= 4 is 17.6 Å². The smallest absolute Gasteiger partial charge is 0.335 e. The van der Waals surface area contributed by atoms with Gasteiger partial charge in [-0.3, -0.25) is 9.48 Å². The lowest BCUT2D eigenvalue weighted by atomic mass is 10.1. The average molecular weight is 321 g/mol. The second kappa shape index (κ2) is 6.37.